The SMILES string of the molecule is CCOC(=O)C1CCN(c2nc3c(c(=O)[nH]2)C(C(=O)Nc2ccc(OC)cc2OC)CC(=O)N3)CC1. The number of methoxy groups -OCH3 is 2. The summed E-state index contributed by atoms with van der Waals surface area (Å²) in [6.07, 6.45) is 0.910. The maximum atomic E-state index is 13.2. The molecule has 2 aliphatic rings. The van der Waals surface area contributed by atoms with Crippen molar-refractivity contribution in [1.29, 1.82) is 0 Å². The maximum Gasteiger partial charge on any atom is 0.309 e. The Morgan fingerprint density at radius 1 is 1.17 bits per heavy atom. The molecule has 4 rings (SSSR count). The van der Waals surface area contributed by atoms with E-state index in [9.17, 15) is 19.2 Å². The molecule has 1 atom stereocenters. The third-order valence-electron chi connectivity index (χ3n) is 6.34. The number of H-pyrrole nitrogens is 1. The quantitative estimate of drug-likeness (QED) is 0.483. The number of benzene rings is 1. The van der Waals surface area contributed by atoms with E-state index in [1.165, 1.54) is 14.2 Å². The normalized spacial score (nSPS) is 17.6. The van der Waals surface area contributed by atoms with E-state index in [4.69, 9.17) is 14.2 Å². The van der Waals surface area contributed by atoms with Crippen LogP contribution in [0.2, 0.25) is 0 Å². The van der Waals surface area contributed by atoms with Gasteiger partial charge in [0.25, 0.3) is 5.56 Å². The van der Waals surface area contributed by atoms with Gasteiger partial charge >= 0.3 is 5.97 Å². The molecular formula is C24H29N5O7. The first-order valence-corrected chi connectivity index (χ1v) is 11.7. The van der Waals surface area contributed by atoms with Crippen LogP contribution < -0.4 is 30.6 Å². The molecule has 12 heteroatoms. The minimum absolute atomic E-state index is 0.0550. The van der Waals surface area contributed by atoms with Crippen LogP contribution in [-0.2, 0) is 19.1 Å². The number of amides is 2. The van der Waals surface area contributed by atoms with Crippen LogP contribution in [0.3, 0.4) is 0 Å². The second kappa shape index (κ2) is 10.7. The number of hydrogen-bond donors (Lipinski definition) is 3. The van der Waals surface area contributed by atoms with Crippen molar-refractivity contribution in [3.8, 4) is 11.5 Å². The highest BCUT2D eigenvalue weighted by Crippen LogP contribution is 2.34. The number of esters is 1. The van der Waals surface area contributed by atoms with Crippen LogP contribution in [0.15, 0.2) is 23.0 Å². The number of nitrogens with zero attached hydrogens (tertiary/aromatic N) is 2. The Balaban J connectivity index is 1.55. The summed E-state index contributed by atoms with van der Waals surface area (Å²) in [7, 11) is 2.97. The molecule has 0 saturated carbocycles. The van der Waals surface area contributed by atoms with Gasteiger partial charge in [0.05, 0.1) is 43.9 Å². The van der Waals surface area contributed by atoms with E-state index in [1.54, 1.807) is 25.1 Å². The van der Waals surface area contributed by atoms with Gasteiger partial charge in [-0.15, -0.1) is 0 Å². The molecule has 0 aliphatic carbocycles. The predicted molar refractivity (Wildman–Crippen MR) is 131 cm³/mol. The third-order valence-corrected chi connectivity index (χ3v) is 6.34. The molecular weight excluding hydrogens is 470 g/mol. The summed E-state index contributed by atoms with van der Waals surface area (Å²) < 4.78 is 15.6. The Morgan fingerprint density at radius 2 is 1.92 bits per heavy atom. The molecule has 2 amide bonds. The number of ether oxygens (including phenoxy) is 3. The third kappa shape index (κ3) is 5.11. The van der Waals surface area contributed by atoms with Crippen LogP contribution in [0.25, 0.3) is 0 Å². The molecule has 1 aromatic carbocycles. The van der Waals surface area contributed by atoms with E-state index in [2.05, 4.69) is 20.6 Å². The minimum atomic E-state index is -1.04. The second-order valence-corrected chi connectivity index (χ2v) is 8.53. The number of nitrogens with one attached hydrogen (secondary N) is 3. The number of hydrogen-bond acceptors (Lipinski definition) is 9. The largest absolute Gasteiger partial charge is 0.497 e. The Hall–Kier alpha value is -4.09. The van der Waals surface area contributed by atoms with Gasteiger partial charge in [0.15, 0.2) is 0 Å². The Morgan fingerprint density at radius 3 is 2.58 bits per heavy atom. The zero-order valence-corrected chi connectivity index (χ0v) is 20.4. The fraction of sp³-hybridized carbons (Fsp3) is 0.458. The smallest absolute Gasteiger partial charge is 0.309 e. The van der Waals surface area contributed by atoms with Crippen LogP contribution in [0.5, 0.6) is 11.5 Å². The van der Waals surface area contributed by atoms with Crippen LogP contribution in [-0.4, -0.2) is 61.7 Å². The van der Waals surface area contributed by atoms with Crippen molar-refractivity contribution in [2.75, 3.05) is 49.4 Å². The summed E-state index contributed by atoms with van der Waals surface area (Å²) in [4.78, 5) is 59.8. The molecule has 1 saturated heterocycles. The van der Waals surface area contributed by atoms with Gasteiger partial charge in [-0.05, 0) is 31.9 Å². The number of anilines is 3. The van der Waals surface area contributed by atoms with Crippen molar-refractivity contribution in [2.45, 2.75) is 32.1 Å². The maximum absolute atomic E-state index is 13.2. The van der Waals surface area contributed by atoms with Crippen molar-refractivity contribution >= 4 is 35.2 Å². The van der Waals surface area contributed by atoms with Crippen molar-refractivity contribution in [3.63, 3.8) is 0 Å². The molecule has 3 N–H and O–H groups in total. The summed E-state index contributed by atoms with van der Waals surface area (Å²) >= 11 is 0. The second-order valence-electron chi connectivity index (χ2n) is 8.53. The van der Waals surface area contributed by atoms with Gasteiger partial charge < -0.3 is 29.7 Å². The van der Waals surface area contributed by atoms with Crippen molar-refractivity contribution in [3.05, 3.63) is 34.1 Å². The average Bonchev–Trinajstić information content (AvgIpc) is 2.88. The zero-order valence-electron chi connectivity index (χ0n) is 20.4. The summed E-state index contributed by atoms with van der Waals surface area (Å²) in [6.45, 7) is 3.07. The molecule has 2 aromatic rings. The number of carbonyl (C=O) groups excluding carboxylic acids is 3. The van der Waals surface area contributed by atoms with Crippen molar-refractivity contribution in [1.82, 2.24) is 9.97 Å². The summed E-state index contributed by atoms with van der Waals surface area (Å²) in [5.41, 5.74) is -0.0459. The first kappa shape index (κ1) is 25.0. The summed E-state index contributed by atoms with van der Waals surface area (Å²) in [5.74, 6) is -1.17. The molecule has 36 heavy (non-hydrogen) atoms. The Kier molecular flexibility index (Phi) is 7.41. The fourth-order valence-corrected chi connectivity index (χ4v) is 4.44. The topological polar surface area (TPSA) is 152 Å². The lowest BCUT2D eigenvalue weighted by atomic mass is 9.92. The number of piperidine rings is 1. The fourth-order valence-electron chi connectivity index (χ4n) is 4.44. The van der Waals surface area contributed by atoms with E-state index in [-0.39, 0.29) is 35.6 Å². The van der Waals surface area contributed by atoms with Gasteiger partial charge in [-0.25, -0.2) is 0 Å². The first-order chi connectivity index (χ1) is 17.3. The Bertz CT molecular complexity index is 1220. The number of aromatic nitrogens is 2. The summed E-state index contributed by atoms with van der Waals surface area (Å²) in [6, 6.07) is 4.89. The number of rotatable bonds is 7. The van der Waals surface area contributed by atoms with Gasteiger partial charge in [0.2, 0.25) is 17.8 Å². The van der Waals surface area contributed by atoms with Crippen molar-refractivity contribution in [2.24, 2.45) is 5.92 Å². The Labute approximate surface area is 207 Å². The molecule has 0 spiro atoms. The molecule has 2 aliphatic heterocycles. The van der Waals surface area contributed by atoms with Gasteiger partial charge in [0, 0.05) is 25.6 Å². The van der Waals surface area contributed by atoms with Crippen LogP contribution in [0.4, 0.5) is 17.5 Å². The van der Waals surface area contributed by atoms with Gasteiger partial charge in [-0.2, -0.15) is 4.98 Å². The molecule has 3 heterocycles. The lowest BCUT2D eigenvalue weighted by molar-refractivity contribution is -0.148. The van der Waals surface area contributed by atoms with Crippen LogP contribution in [0, 0.1) is 5.92 Å². The first-order valence-electron chi connectivity index (χ1n) is 11.7. The van der Waals surface area contributed by atoms with E-state index in [1.807, 2.05) is 4.90 Å². The molecule has 1 aromatic heterocycles. The van der Waals surface area contributed by atoms with Crippen LogP contribution in [0.1, 0.15) is 37.7 Å². The number of aromatic amines is 1. The molecule has 1 fully saturated rings. The highest BCUT2D eigenvalue weighted by molar-refractivity contribution is 6.05. The molecule has 0 radical (unpaired) electrons. The van der Waals surface area contributed by atoms with Gasteiger partial charge in [0.1, 0.15) is 17.3 Å². The van der Waals surface area contributed by atoms with E-state index < -0.39 is 23.3 Å². The zero-order chi connectivity index (χ0) is 25.8. The molecule has 192 valence electrons. The molecule has 1 unspecified atom stereocenters. The lowest BCUT2D eigenvalue weighted by Crippen LogP contribution is -2.41. The highest BCUT2D eigenvalue weighted by atomic mass is 16.5. The average molecular weight is 500 g/mol. The van der Waals surface area contributed by atoms with Gasteiger partial charge in [-0.1, -0.05) is 0 Å². The van der Waals surface area contributed by atoms with E-state index in [0.717, 1.165) is 0 Å². The summed E-state index contributed by atoms with van der Waals surface area (Å²) in [5, 5.41) is 5.36. The standard InChI is InChI=1S/C24H29N5O7/c1-4-36-23(33)13-7-9-29(10-8-13)24-27-20-19(22(32)28-24)15(12-18(30)26-20)21(31)25-16-6-5-14(34-2)11-17(16)35-3/h5-6,11,13,15H,4,7-10,12H2,1-3H3,(H,25,31)(H2,26,27,28,30,32). The van der Waals surface area contributed by atoms with Gasteiger partial charge in [-0.3, -0.25) is 24.2 Å². The monoisotopic (exact) mass is 499 g/mol. The predicted octanol–water partition coefficient (Wildman–Crippen LogP) is 1.63. The highest BCUT2D eigenvalue weighted by Gasteiger charge is 2.36. The van der Waals surface area contributed by atoms with E-state index in [0.29, 0.717) is 49.7 Å². The van der Waals surface area contributed by atoms with E-state index >= 15 is 0 Å². The minimum Gasteiger partial charge on any atom is -0.497 e. The molecule has 0 bridgehead atoms. The number of fused-ring (bicyclic) bond motifs is 1. The van der Waals surface area contributed by atoms with Crippen LogP contribution >= 0.6 is 0 Å². The molecule has 12 nitrogen and oxygen atoms in total. The van der Waals surface area contributed by atoms with Crippen molar-refractivity contribution < 1.29 is 28.6 Å². The number of carbonyl (C=O) groups is 3. The lowest BCUT2D eigenvalue weighted by Gasteiger charge is -2.32.